The predicted molar refractivity (Wildman–Crippen MR) is 94.2 cm³/mol. The van der Waals surface area contributed by atoms with Crippen LogP contribution < -0.4 is 10.3 Å². The maximum atomic E-state index is 12.9. The molecule has 0 fully saturated rings. The van der Waals surface area contributed by atoms with Crippen molar-refractivity contribution in [2.45, 2.75) is 20.4 Å². The van der Waals surface area contributed by atoms with E-state index in [-0.39, 0.29) is 5.56 Å². The van der Waals surface area contributed by atoms with Gasteiger partial charge in [0.1, 0.15) is 27.9 Å². The number of benzene rings is 1. The van der Waals surface area contributed by atoms with Gasteiger partial charge in [-0.3, -0.25) is 9.20 Å². The van der Waals surface area contributed by atoms with Crippen LogP contribution in [0.5, 0.6) is 5.75 Å². The number of hydrogen-bond acceptors (Lipinski definition) is 5. The van der Waals surface area contributed by atoms with Gasteiger partial charge in [-0.1, -0.05) is 12.1 Å². The van der Waals surface area contributed by atoms with Crippen LogP contribution in [0.1, 0.15) is 16.1 Å². The average Bonchev–Trinajstić information content (AvgIpc) is 3.08. The molecule has 1 aromatic carbocycles. The van der Waals surface area contributed by atoms with E-state index in [9.17, 15) is 4.79 Å². The van der Waals surface area contributed by atoms with Gasteiger partial charge < -0.3 is 4.74 Å². The molecule has 0 spiro atoms. The quantitative estimate of drug-likeness (QED) is 0.575. The molecule has 0 atom stereocenters. The first-order valence-corrected chi connectivity index (χ1v) is 8.37. The van der Waals surface area contributed by atoms with Crippen LogP contribution in [0.2, 0.25) is 0 Å². The lowest BCUT2D eigenvalue weighted by Gasteiger charge is -2.07. The summed E-state index contributed by atoms with van der Waals surface area (Å²) in [6.45, 7) is 4.30. The molecule has 4 rings (SSSR count). The molecule has 122 valence electrons. The van der Waals surface area contributed by atoms with Gasteiger partial charge in [-0.05, 0) is 31.5 Å². The predicted octanol–water partition coefficient (Wildman–Crippen LogP) is 2.78. The normalized spacial score (nSPS) is 11.5. The lowest BCUT2D eigenvalue weighted by molar-refractivity contribution is 0.414. The fraction of sp³-hybridized carbons (Fsp3) is 0.235. The molecule has 0 amide bonds. The highest BCUT2D eigenvalue weighted by Gasteiger charge is 2.17. The van der Waals surface area contributed by atoms with Crippen LogP contribution in [-0.4, -0.2) is 26.3 Å². The standard InChI is InChI=1S/C17H16N4O2S/c1-10-14-17(24-11(2)19-14)20-9-18-21(16(22)15(10)20)8-12-5-4-6-13(7-12)23-3/h4-7,9H,8H2,1-3H3. The van der Waals surface area contributed by atoms with Crippen molar-refractivity contribution >= 4 is 27.2 Å². The van der Waals surface area contributed by atoms with Gasteiger partial charge in [0, 0.05) is 5.56 Å². The van der Waals surface area contributed by atoms with Crippen molar-refractivity contribution in [1.29, 1.82) is 0 Å². The van der Waals surface area contributed by atoms with Crippen molar-refractivity contribution in [2.75, 3.05) is 7.11 Å². The third-order valence-corrected chi connectivity index (χ3v) is 5.07. The first-order chi connectivity index (χ1) is 11.6. The van der Waals surface area contributed by atoms with Gasteiger partial charge in [-0.2, -0.15) is 5.10 Å². The number of methoxy groups -OCH3 is 1. The number of ether oxygens (including phenoxy) is 1. The fourth-order valence-corrected chi connectivity index (χ4v) is 3.89. The summed E-state index contributed by atoms with van der Waals surface area (Å²) in [7, 11) is 1.63. The number of aromatic nitrogens is 4. The second-order valence-electron chi connectivity index (χ2n) is 5.68. The summed E-state index contributed by atoms with van der Waals surface area (Å²) in [5, 5.41) is 5.32. The largest absolute Gasteiger partial charge is 0.497 e. The second-order valence-corrected chi connectivity index (χ2v) is 6.86. The Balaban J connectivity index is 1.86. The fourth-order valence-electron chi connectivity index (χ4n) is 2.94. The Hall–Kier alpha value is -2.67. The zero-order valence-electron chi connectivity index (χ0n) is 13.6. The molecular formula is C17H16N4O2S. The lowest BCUT2D eigenvalue weighted by Crippen LogP contribution is -2.25. The first-order valence-electron chi connectivity index (χ1n) is 7.55. The zero-order valence-corrected chi connectivity index (χ0v) is 14.4. The molecule has 6 nitrogen and oxygen atoms in total. The number of thiazole rings is 1. The van der Waals surface area contributed by atoms with Crippen molar-refractivity contribution < 1.29 is 4.74 Å². The van der Waals surface area contributed by atoms with Crippen molar-refractivity contribution in [3.63, 3.8) is 0 Å². The van der Waals surface area contributed by atoms with Crippen LogP contribution in [0, 0.1) is 13.8 Å². The smallest absolute Gasteiger partial charge is 0.291 e. The number of rotatable bonds is 3. The third kappa shape index (κ3) is 2.20. The summed E-state index contributed by atoms with van der Waals surface area (Å²) in [5.74, 6) is 0.765. The summed E-state index contributed by atoms with van der Waals surface area (Å²) in [6, 6.07) is 7.65. The minimum absolute atomic E-state index is 0.110. The molecule has 0 saturated carbocycles. The molecule has 3 heterocycles. The van der Waals surface area contributed by atoms with E-state index in [4.69, 9.17) is 4.74 Å². The summed E-state index contributed by atoms with van der Waals surface area (Å²) in [6.07, 6.45) is 1.70. The van der Waals surface area contributed by atoms with E-state index in [0.29, 0.717) is 12.1 Å². The van der Waals surface area contributed by atoms with Gasteiger partial charge in [0.2, 0.25) is 0 Å². The van der Waals surface area contributed by atoms with Crippen LogP contribution >= 0.6 is 11.3 Å². The van der Waals surface area contributed by atoms with E-state index in [1.165, 1.54) is 4.68 Å². The Labute approximate surface area is 142 Å². The molecule has 0 aliphatic carbocycles. The van der Waals surface area contributed by atoms with Crippen LogP contribution in [0.4, 0.5) is 0 Å². The molecular weight excluding hydrogens is 324 g/mol. The van der Waals surface area contributed by atoms with Crippen molar-refractivity contribution in [1.82, 2.24) is 19.2 Å². The van der Waals surface area contributed by atoms with Crippen molar-refractivity contribution in [3.8, 4) is 5.75 Å². The molecule has 0 bridgehead atoms. The van der Waals surface area contributed by atoms with Crippen LogP contribution in [-0.2, 0) is 6.54 Å². The van der Waals surface area contributed by atoms with Gasteiger partial charge in [-0.15, -0.1) is 11.3 Å². The van der Waals surface area contributed by atoms with Crippen LogP contribution in [0.3, 0.4) is 0 Å². The Morgan fingerprint density at radius 1 is 1.29 bits per heavy atom. The molecule has 3 aromatic heterocycles. The molecule has 0 N–H and O–H groups in total. The highest BCUT2D eigenvalue weighted by Crippen LogP contribution is 2.28. The van der Waals surface area contributed by atoms with E-state index in [1.54, 1.807) is 24.8 Å². The maximum Gasteiger partial charge on any atom is 0.291 e. The summed E-state index contributed by atoms with van der Waals surface area (Å²) < 4.78 is 8.56. The van der Waals surface area contributed by atoms with E-state index in [0.717, 1.165) is 32.2 Å². The number of aryl methyl sites for hydroxylation is 2. The monoisotopic (exact) mass is 340 g/mol. The van der Waals surface area contributed by atoms with Gasteiger partial charge in [0.05, 0.1) is 18.7 Å². The highest BCUT2D eigenvalue weighted by atomic mass is 32.1. The van der Waals surface area contributed by atoms with E-state index < -0.39 is 0 Å². The van der Waals surface area contributed by atoms with E-state index >= 15 is 0 Å². The van der Waals surface area contributed by atoms with Gasteiger partial charge >= 0.3 is 0 Å². The average molecular weight is 340 g/mol. The number of hydrogen-bond donors (Lipinski definition) is 0. The lowest BCUT2D eigenvalue weighted by atomic mass is 10.2. The molecule has 0 saturated heterocycles. The Morgan fingerprint density at radius 2 is 2.12 bits per heavy atom. The minimum Gasteiger partial charge on any atom is -0.497 e. The van der Waals surface area contributed by atoms with Gasteiger partial charge in [0.25, 0.3) is 5.56 Å². The molecule has 0 unspecified atom stereocenters. The first kappa shape index (κ1) is 14.9. The topological polar surface area (TPSA) is 61.4 Å². The molecule has 24 heavy (non-hydrogen) atoms. The highest BCUT2D eigenvalue weighted by molar-refractivity contribution is 7.18. The molecule has 0 aliphatic rings. The Kier molecular flexibility index (Phi) is 3.38. The van der Waals surface area contributed by atoms with Crippen LogP contribution in [0.25, 0.3) is 15.9 Å². The summed E-state index contributed by atoms with van der Waals surface area (Å²) >= 11 is 1.57. The SMILES string of the molecule is COc1cccc(Cn2ncn3c(c(C)c4nc(C)sc43)c2=O)c1. The Morgan fingerprint density at radius 3 is 2.92 bits per heavy atom. The summed E-state index contributed by atoms with van der Waals surface area (Å²) in [5.41, 5.74) is 3.28. The minimum atomic E-state index is -0.110. The molecule has 0 aliphatic heterocycles. The Bertz CT molecular complexity index is 1120. The molecule has 0 radical (unpaired) electrons. The zero-order chi connectivity index (χ0) is 16.8. The van der Waals surface area contributed by atoms with Gasteiger partial charge in [-0.25, -0.2) is 9.67 Å². The molecule has 4 aromatic rings. The van der Waals surface area contributed by atoms with Crippen molar-refractivity contribution in [3.05, 3.63) is 57.1 Å². The maximum absolute atomic E-state index is 12.9. The number of fused-ring (bicyclic) bond motifs is 3. The third-order valence-electron chi connectivity index (χ3n) is 4.10. The van der Waals surface area contributed by atoms with Crippen LogP contribution in [0.15, 0.2) is 35.4 Å². The van der Waals surface area contributed by atoms with Gasteiger partial charge in [0.15, 0.2) is 0 Å². The summed E-state index contributed by atoms with van der Waals surface area (Å²) in [4.78, 5) is 18.4. The molecule has 7 heteroatoms. The number of nitrogens with zero attached hydrogens (tertiary/aromatic N) is 4. The van der Waals surface area contributed by atoms with E-state index in [1.807, 2.05) is 42.5 Å². The van der Waals surface area contributed by atoms with Crippen molar-refractivity contribution in [2.24, 2.45) is 0 Å². The van der Waals surface area contributed by atoms with E-state index in [2.05, 4.69) is 10.1 Å². The second kappa shape index (κ2) is 5.45.